The van der Waals surface area contributed by atoms with Gasteiger partial charge in [-0.05, 0) is 19.6 Å². The van der Waals surface area contributed by atoms with Crippen molar-refractivity contribution in [3.05, 3.63) is 29.8 Å². The molecule has 1 nitrogen and oxygen atoms in total. The third-order valence-electron chi connectivity index (χ3n) is 1.66. The Balaban J connectivity index is 0.00000144. The van der Waals surface area contributed by atoms with E-state index in [2.05, 4.69) is 43.9 Å². The predicted octanol–water partition coefficient (Wildman–Crippen LogP) is -0.197. The summed E-state index contributed by atoms with van der Waals surface area (Å²) in [6.07, 6.45) is 1.05. The van der Waals surface area contributed by atoms with E-state index in [4.69, 9.17) is 4.43 Å². The molecule has 0 aliphatic carbocycles. The molecule has 3 heteroatoms. The largest absolute Gasteiger partial charge is 1.00 e. The smallest absolute Gasteiger partial charge is 0.418 e. The molecule has 0 N–H and O–H groups in total. The van der Waals surface area contributed by atoms with Crippen LogP contribution in [0.5, 0.6) is 0 Å². The fourth-order valence-electron chi connectivity index (χ4n) is 1.06. The summed E-state index contributed by atoms with van der Waals surface area (Å²) in [6, 6.07) is 8.44. The van der Waals surface area contributed by atoms with Gasteiger partial charge in [0.25, 0.3) is 0 Å². The molecule has 0 aliphatic rings. The van der Waals surface area contributed by atoms with Gasteiger partial charge < -0.3 is 4.43 Å². The fraction of sp³-hybridized carbons (Fsp3) is 0.500. The van der Waals surface area contributed by atoms with E-state index in [1.165, 1.54) is 5.56 Å². The fourth-order valence-corrected chi connectivity index (χ4v) is 1.77. The van der Waals surface area contributed by atoms with Crippen molar-refractivity contribution in [1.82, 2.24) is 0 Å². The molecule has 0 radical (unpaired) electrons. The summed E-state index contributed by atoms with van der Waals surface area (Å²) in [5.74, 6) is 0. The molecule has 13 heavy (non-hydrogen) atoms. The van der Waals surface area contributed by atoms with Gasteiger partial charge >= 0.3 is 18.9 Å². The quantitative estimate of drug-likeness (QED) is 0.470. The van der Waals surface area contributed by atoms with Gasteiger partial charge in [-0.25, -0.2) is 12.1 Å². The first kappa shape index (κ1) is 13.1. The van der Waals surface area contributed by atoms with Crippen LogP contribution in [-0.4, -0.2) is 14.9 Å². The van der Waals surface area contributed by atoms with E-state index in [9.17, 15) is 0 Å². The van der Waals surface area contributed by atoms with Crippen molar-refractivity contribution in [2.24, 2.45) is 0 Å². The topological polar surface area (TPSA) is 9.23 Å². The Bertz CT molecular complexity index is 213. The Morgan fingerprint density at radius 3 is 2.15 bits per heavy atom. The SMILES string of the molecule is C[Si](C)(C)OCC[c-]1cccc1.[Li+]. The van der Waals surface area contributed by atoms with E-state index in [0.29, 0.717) is 0 Å². The van der Waals surface area contributed by atoms with Crippen LogP contribution < -0.4 is 18.9 Å². The molecule has 1 rings (SSSR count). The van der Waals surface area contributed by atoms with Crippen LogP contribution in [0.2, 0.25) is 19.6 Å². The van der Waals surface area contributed by atoms with Gasteiger partial charge in [0.2, 0.25) is 0 Å². The summed E-state index contributed by atoms with van der Waals surface area (Å²) >= 11 is 0. The van der Waals surface area contributed by atoms with Gasteiger partial charge in [0.1, 0.15) is 0 Å². The van der Waals surface area contributed by atoms with Crippen molar-refractivity contribution < 1.29 is 23.3 Å². The van der Waals surface area contributed by atoms with Crippen molar-refractivity contribution in [3.63, 3.8) is 0 Å². The first-order valence-corrected chi connectivity index (χ1v) is 7.83. The molecule has 68 valence electrons. The molecule has 0 saturated heterocycles. The molecular weight excluding hydrogens is 171 g/mol. The van der Waals surface area contributed by atoms with E-state index in [-0.39, 0.29) is 18.9 Å². The normalized spacial score (nSPS) is 11.0. The summed E-state index contributed by atoms with van der Waals surface area (Å²) in [5, 5.41) is 0. The minimum absolute atomic E-state index is 0. The van der Waals surface area contributed by atoms with E-state index < -0.39 is 8.32 Å². The van der Waals surface area contributed by atoms with Crippen LogP contribution in [0.25, 0.3) is 0 Å². The van der Waals surface area contributed by atoms with Gasteiger partial charge in [-0.15, -0.1) is 0 Å². The molecule has 0 aliphatic heterocycles. The average Bonchev–Trinajstić information content (AvgIpc) is 2.36. The third kappa shape index (κ3) is 6.23. The Labute approximate surface area is 94.2 Å². The molecule has 0 heterocycles. The molecule has 1 aromatic carbocycles. The van der Waals surface area contributed by atoms with Crippen LogP contribution in [0, 0.1) is 0 Å². The van der Waals surface area contributed by atoms with Gasteiger partial charge in [-0.1, -0.05) is 6.42 Å². The van der Waals surface area contributed by atoms with E-state index in [1.807, 2.05) is 0 Å². The zero-order chi connectivity index (χ0) is 9.03. The minimum atomic E-state index is -1.29. The van der Waals surface area contributed by atoms with Crippen LogP contribution >= 0.6 is 0 Å². The Kier molecular flexibility index (Phi) is 5.83. The Morgan fingerprint density at radius 2 is 1.69 bits per heavy atom. The first-order chi connectivity index (χ1) is 5.58. The van der Waals surface area contributed by atoms with Gasteiger partial charge in [-0.2, -0.15) is 17.7 Å². The second kappa shape index (κ2) is 5.77. The van der Waals surface area contributed by atoms with Gasteiger partial charge in [0, 0.05) is 6.61 Å². The van der Waals surface area contributed by atoms with Crippen LogP contribution in [-0.2, 0) is 10.8 Å². The molecule has 0 fully saturated rings. The maximum absolute atomic E-state index is 5.74. The second-order valence-electron chi connectivity index (χ2n) is 4.00. The number of hydrogen-bond donors (Lipinski definition) is 0. The molecule has 0 bridgehead atoms. The molecule has 1 aromatic rings. The zero-order valence-electron chi connectivity index (χ0n) is 9.13. The van der Waals surface area contributed by atoms with Crippen LogP contribution in [0.4, 0.5) is 0 Å². The van der Waals surface area contributed by atoms with E-state index in [0.717, 1.165) is 13.0 Å². The van der Waals surface area contributed by atoms with Crippen LogP contribution in [0.1, 0.15) is 5.56 Å². The van der Waals surface area contributed by atoms with Crippen molar-refractivity contribution in [2.75, 3.05) is 6.61 Å². The van der Waals surface area contributed by atoms with E-state index >= 15 is 0 Å². The Morgan fingerprint density at radius 1 is 1.15 bits per heavy atom. The van der Waals surface area contributed by atoms with Crippen LogP contribution in [0.15, 0.2) is 24.3 Å². The Hall–Kier alpha value is 0.124. The molecule has 0 unspecified atom stereocenters. The van der Waals surface area contributed by atoms with Crippen molar-refractivity contribution >= 4 is 8.32 Å². The summed E-state index contributed by atoms with van der Waals surface area (Å²) in [5.41, 5.74) is 1.38. The zero-order valence-corrected chi connectivity index (χ0v) is 10.1. The molecular formula is C10H17LiOSi. The monoisotopic (exact) mass is 188 g/mol. The summed E-state index contributed by atoms with van der Waals surface area (Å²) in [7, 11) is -1.29. The summed E-state index contributed by atoms with van der Waals surface area (Å²) < 4.78 is 5.74. The van der Waals surface area contributed by atoms with E-state index in [1.54, 1.807) is 0 Å². The number of hydrogen-bond acceptors (Lipinski definition) is 1. The molecule has 0 atom stereocenters. The number of rotatable bonds is 4. The maximum atomic E-state index is 5.74. The molecule has 0 saturated carbocycles. The van der Waals surface area contributed by atoms with Crippen molar-refractivity contribution in [2.45, 2.75) is 26.1 Å². The third-order valence-corrected chi connectivity index (χ3v) is 2.73. The second-order valence-corrected chi connectivity index (χ2v) is 8.52. The van der Waals surface area contributed by atoms with Crippen LogP contribution in [0.3, 0.4) is 0 Å². The predicted molar refractivity (Wildman–Crippen MR) is 55.0 cm³/mol. The van der Waals surface area contributed by atoms with Gasteiger partial charge in [0.15, 0.2) is 8.32 Å². The van der Waals surface area contributed by atoms with Crippen molar-refractivity contribution in [1.29, 1.82) is 0 Å². The molecule has 0 amide bonds. The summed E-state index contributed by atoms with van der Waals surface area (Å²) in [6.45, 7) is 7.54. The maximum Gasteiger partial charge on any atom is 1.00 e. The van der Waals surface area contributed by atoms with Gasteiger partial charge in [-0.3, -0.25) is 0 Å². The van der Waals surface area contributed by atoms with Crippen molar-refractivity contribution in [3.8, 4) is 0 Å². The minimum Gasteiger partial charge on any atom is -0.418 e. The average molecular weight is 188 g/mol. The standard InChI is InChI=1S/C10H17OSi.Li/c1-12(2,3)11-9-8-10-6-4-5-7-10;/h4-7H,8-9H2,1-3H3;/q-1;+1. The summed E-state index contributed by atoms with van der Waals surface area (Å²) in [4.78, 5) is 0. The first-order valence-electron chi connectivity index (χ1n) is 4.42. The van der Waals surface area contributed by atoms with Gasteiger partial charge in [0.05, 0.1) is 0 Å². The molecule has 0 aromatic heterocycles. The molecule has 0 spiro atoms.